The molecule has 0 aliphatic rings. The highest BCUT2D eigenvalue weighted by Gasteiger charge is 1.97. The van der Waals surface area contributed by atoms with Crippen molar-refractivity contribution in [2.24, 2.45) is 0 Å². The number of hydrogen-bond acceptors (Lipinski definition) is 3. The summed E-state index contributed by atoms with van der Waals surface area (Å²) in [4.78, 5) is 12.4. The Morgan fingerprint density at radius 1 is 0.933 bits per heavy atom. The van der Waals surface area contributed by atoms with Crippen molar-refractivity contribution in [3.63, 3.8) is 0 Å². The summed E-state index contributed by atoms with van der Waals surface area (Å²) in [5, 5.41) is 0. The minimum absolute atomic E-state index is 0.777. The first kappa shape index (κ1) is 11.3. The van der Waals surface area contributed by atoms with E-state index in [0.29, 0.717) is 0 Å². The SMILES string of the molecule is CC.Cc1ncc(-c2ccccn2)cn1. The quantitative estimate of drug-likeness (QED) is 0.712. The van der Waals surface area contributed by atoms with Crippen LogP contribution in [0.25, 0.3) is 11.3 Å². The lowest BCUT2D eigenvalue weighted by Gasteiger charge is -1.98. The molecule has 3 heteroatoms. The normalized spacial score (nSPS) is 9.00. The summed E-state index contributed by atoms with van der Waals surface area (Å²) in [5.74, 6) is 0.777. The average molecular weight is 201 g/mol. The van der Waals surface area contributed by atoms with Crippen LogP contribution >= 0.6 is 0 Å². The molecule has 2 aromatic heterocycles. The van der Waals surface area contributed by atoms with Gasteiger partial charge in [0.25, 0.3) is 0 Å². The minimum Gasteiger partial charge on any atom is -0.256 e. The molecule has 2 heterocycles. The zero-order valence-electron chi connectivity index (χ0n) is 9.31. The fraction of sp³-hybridized carbons (Fsp3) is 0.250. The first-order valence-corrected chi connectivity index (χ1v) is 5.06. The van der Waals surface area contributed by atoms with Crippen molar-refractivity contribution < 1.29 is 0 Å². The van der Waals surface area contributed by atoms with Gasteiger partial charge in [-0.1, -0.05) is 19.9 Å². The van der Waals surface area contributed by atoms with Crippen LogP contribution < -0.4 is 0 Å². The highest BCUT2D eigenvalue weighted by molar-refractivity contribution is 5.55. The van der Waals surface area contributed by atoms with Crippen LogP contribution in [0.15, 0.2) is 36.8 Å². The molecule has 2 rings (SSSR count). The molecule has 0 N–H and O–H groups in total. The van der Waals surface area contributed by atoms with Crippen molar-refractivity contribution in [2.45, 2.75) is 20.8 Å². The van der Waals surface area contributed by atoms with Crippen LogP contribution in [0.2, 0.25) is 0 Å². The van der Waals surface area contributed by atoms with Crippen molar-refractivity contribution in [2.75, 3.05) is 0 Å². The first-order chi connectivity index (χ1) is 7.36. The second kappa shape index (κ2) is 5.86. The third-order valence-electron chi connectivity index (χ3n) is 1.74. The lowest BCUT2D eigenvalue weighted by molar-refractivity contribution is 1.05. The number of pyridine rings is 1. The summed E-state index contributed by atoms with van der Waals surface area (Å²) in [6.45, 7) is 5.86. The van der Waals surface area contributed by atoms with Gasteiger partial charge in [-0.2, -0.15) is 0 Å². The monoisotopic (exact) mass is 201 g/mol. The average Bonchev–Trinajstić information content (AvgIpc) is 2.34. The predicted molar refractivity (Wildman–Crippen MR) is 61.3 cm³/mol. The summed E-state index contributed by atoms with van der Waals surface area (Å²) in [5.41, 5.74) is 1.86. The van der Waals surface area contributed by atoms with Gasteiger partial charge in [0.15, 0.2) is 0 Å². The summed E-state index contributed by atoms with van der Waals surface area (Å²) >= 11 is 0. The van der Waals surface area contributed by atoms with E-state index in [1.807, 2.05) is 39.0 Å². The fourth-order valence-electron chi connectivity index (χ4n) is 1.06. The number of aryl methyl sites for hydroxylation is 1. The van der Waals surface area contributed by atoms with E-state index in [2.05, 4.69) is 15.0 Å². The standard InChI is InChI=1S/C10H9N3.C2H6/c1-8-12-6-9(7-13-8)10-4-2-3-5-11-10;1-2/h2-7H,1H3;1-2H3. The van der Waals surface area contributed by atoms with E-state index >= 15 is 0 Å². The van der Waals surface area contributed by atoms with E-state index in [1.165, 1.54) is 0 Å². The molecule has 0 radical (unpaired) electrons. The molecule has 15 heavy (non-hydrogen) atoms. The molecular formula is C12H15N3. The van der Waals surface area contributed by atoms with Crippen molar-refractivity contribution in [1.82, 2.24) is 15.0 Å². The van der Waals surface area contributed by atoms with Crippen LogP contribution in [0, 0.1) is 6.92 Å². The van der Waals surface area contributed by atoms with Gasteiger partial charge in [-0.05, 0) is 19.1 Å². The molecule has 0 spiro atoms. The van der Waals surface area contributed by atoms with Crippen LogP contribution in [0.5, 0.6) is 0 Å². The Morgan fingerprint density at radius 2 is 1.60 bits per heavy atom. The lowest BCUT2D eigenvalue weighted by atomic mass is 10.2. The molecule has 0 amide bonds. The van der Waals surface area contributed by atoms with Crippen molar-refractivity contribution in [3.05, 3.63) is 42.6 Å². The van der Waals surface area contributed by atoms with Crippen LogP contribution in [0.1, 0.15) is 19.7 Å². The Labute approximate surface area is 90.2 Å². The Kier molecular flexibility index (Phi) is 4.41. The summed E-state index contributed by atoms with van der Waals surface area (Å²) < 4.78 is 0. The van der Waals surface area contributed by atoms with Gasteiger partial charge in [-0.15, -0.1) is 0 Å². The van der Waals surface area contributed by atoms with Gasteiger partial charge in [-0.3, -0.25) is 4.98 Å². The maximum Gasteiger partial charge on any atom is 0.125 e. The van der Waals surface area contributed by atoms with E-state index in [1.54, 1.807) is 18.6 Å². The van der Waals surface area contributed by atoms with Gasteiger partial charge < -0.3 is 0 Å². The van der Waals surface area contributed by atoms with Crippen LogP contribution in [0.3, 0.4) is 0 Å². The van der Waals surface area contributed by atoms with E-state index in [0.717, 1.165) is 17.1 Å². The van der Waals surface area contributed by atoms with Gasteiger partial charge in [0.2, 0.25) is 0 Å². The number of rotatable bonds is 1. The van der Waals surface area contributed by atoms with Gasteiger partial charge in [0.05, 0.1) is 5.69 Å². The molecular weight excluding hydrogens is 186 g/mol. The molecule has 78 valence electrons. The highest BCUT2D eigenvalue weighted by atomic mass is 14.9. The van der Waals surface area contributed by atoms with E-state index in [9.17, 15) is 0 Å². The van der Waals surface area contributed by atoms with Crippen molar-refractivity contribution in [3.8, 4) is 11.3 Å². The molecule has 0 bridgehead atoms. The van der Waals surface area contributed by atoms with Gasteiger partial charge in [0.1, 0.15) is 5.82 Å². The van der Waals surface area contributed by atoms with Crippen LogP contribution in [-0.4, -0.2) is 15.0 Å². The van der Waals surface area contributed by atoms with E-state index < -0.39 is 0 Å². The van der Waals surface area contributed by atoms with Crippen molar-refractivity contribution >= 4 is 0 Å². The maximum atomic E-state index is 4.20. The maximum absolute atomic E-state index is 4.20. The molecule has 2 aromatic rings. The largest absolute Gasteiger partial charge is 0.256 e. The second-order valence-corrected chi connectivity index (χ2v) is 2.73. The molecule has 3 nitrogen and oxygen atoms in total. The third-order valence-corrected chi connectivity index (χ3v) is 1.74. The minimum atomic E-state index is 0.777. The Balaban J connectivity index is 0.000000531. The Morgan fingerprint density at radius 3 is 2.13 bits per heavy atom. The molecule has 0 aliphatic carbocycles. The van der Waals surface area contributed by atoms with Crippen LogP contribution in [-0.2, 0) is 0 Å². The summed E-state index contributed by atoms with van der Waals surface area (Å²) in [6.07, 6.45) is 5.32. The molecule has 0 atom stereocenters. The van der Waals surface area contributed by atoms with Crippen molar-refractivity contribution in [1.29, 1.82) is 0 Å². The smallest absolute Gasteiger partial charge is 0.125 e. The molecule has 0 saturated heterocycles. The van der Waals surface area contributed by atoms with Gasteiger partial charge in [0, 0.05) is 24.2 Å². The number of nitrogens with zero attached hydrogens (tertiary/aromatic N) is 3. The topological polar surface area (TPSA) is 38.7 Å². The Bertz CT molecular complexity index is 381. The zero-order valence-corrected chi connectivity index (χ0v) is 9.31. The van der Waals surface area contributed by atoms with E-state index in [-0.39, 0.29) is 0 Å². The zero-order chi connectivity index (χ0) is 11.1. The highest BCUT2D eigenvalue weighted by Crippen LogP contribution is 2.12. The lowest BCUT2D eigenvalue weighted by Crippen LogP contribution is -1.88. The van der Waals surface area contributed by atoms with Gasteiger partial charge >= 0.3 is 0 Å². The molecule has 0 aliphatic heterocycles. The molecule has 0 unspecified atom stereocenters. The fourth-order valence-corrected chi connectivity index (χ4v) is 1.06. The third kappa shape index (κ3) is 3.13. The second-order valence-electron chi connectivity index (χ2n) is 2.73. The first-order valence-electron chi connectivity index (χ1n) is 5.06. The Hall–Kier alpha value is -1.77. The number of hydrogen-bond donors (Lipinski definition) is 0. The predicted octanol–water partition coefficient (Wildman–Crippen LogP) is 2.87. The van der Waals surface area contributed by atoms with Gasteiger partial charge in [-0.25, -0.2) is 9.97 Å². The summed E-state index contributed by atoms with van der Waals surface area (Å²) in [7, 11) is 0. The van der Waals surface area contributed by atoms with Crippen LogP contribution in [0.4, 0.5) is 0 Å². The molecule has 0 aromatic carbocycles. The van der Waals surface area contributed by atoms with E-state index in [4.69, 9.17) is 0 Å². The molecule has 0 saturated carbocycles. The summed E-state index contributed by atoms with van der Waals surface area (Å²) in [6, 6.07) is 5.77. The number of aromatic nitrogens is 3. The molecule has 0 fully saturated rings.